The van der Waals surface area contributed by atoms with Crippen molar-refractivity contribution < 1.29 is 14.3 Å². The van der Waals surface area contributed by atoms with E-state index in [1.165, 1.54) is 36.8 Å². The summed E-state index contributed by atoms with van der Waals surface area (Å²) in [6.45, 7) is 5.18. The van der Waals surface area contributed by atoms with Crippen LogP contribution >= 0.6 is 0 Å². The van der Waals surface area contributed by atoms with E-state index in [2.05, 4.69) is 10.3 Å². The molecule has 0 unspecified atom stereocenters. The lowest BCUT2D eigenvalue weighted by Gasteiger charge is -2.32. The molecule has 1 aromatic carbocycles. The maximum Gasteiger partial charge on any atom is 0.333 e. The van der Waals surface area contributed by atoms with Crippen LogP contribution in [0.1, 0.15) is 42.5 Å². The molecule has 2 N–H and O–H groups in total. The molecule has 0 bridgehead atoms. The fourth-order valence-electron chi connectivity index (χ4n) is 4.77. The number of rotatable bonds is 8. The fourth-order valence-corrected chi connectivity index (χ4v) is 4.77. The number of nitrogens with one attached hydrogen (secondary N) is 2. The molecule has 2 fully saturated rings. The van der Waals surface area contributed by atoms with Crippen LogP contribution in [0.4, 0.5) is 0 Å². The molecule has 0 aliphatic carbocycles. The average Bonchev–Trinajstić information content (AvgIpc) is 2.87. The summed E-state index contributed by atoms with van der Waals surface area (Å²) in [5.74, 6) is 1.61. The summed E-state index contributed by atoms with van der Waals surface area (Å²) in [5, 5.41) is 3.40. The Hall–Kier alpha value is -2.91. The van der Waals surface area contributed by atoms with Gasteiger partial charge in [-0.05, 0) is 75.2 Å². The third-order valence-electron chi connectivity index (χ3n) is 6.89. The van der Waals surface area contributed by atoms with E-state index < -0.39 is 11.2 Å². The molecule has 4 rings (SSSR count). The van der Waals surface area contributed by atoms with Crippen LogP contribution in [0.25, 0.3) is 5.69 Å². The molecule has 9 nitrogen and oxygen atoms in total. The van der Waals surface area contributed by atoms with Gasteiger partial charge in [0, 0.05) is 44.1 Å². The topological polar surface area (TPSA) is 106 Å². The van der Waals surface area contributed by atoms with E-state index in [1.807, 2.05) is 4.90 Å². The van der Waals surface area contributed by atoms with Crippen molar-refractivity contribution in [1.29, 1.82) is 0 Å². The van der Waals surface area contributed by atoms with Crippen molar-refractivity contribution in [3.8, 4) is 11.4 Å². The second-order valence-corrected chi connectivity index (χ2v) is 9.16. The number of hydrogen-bond acceptors (Lipinski definition) is 6. The zero-order valence-electron chi connectivity index (χ0n) is 19.8. The Morgan fingerprint density at radius 2 is 1.82 bits per heavy atom. The molecule has 184 valence electrons. The Balaban J connectivity index is 1.32. The molecule has 0 atom stereocenters. The molecule has 0 saturated carbocycles. The number of methoxy groups -OCH3 is 1. The number of amides is 1. The number of aromatic amines is 1. The molecule has 9 heteroatoms. The summed E-state index contributed by atoms with van der Waals surface area (Å²) < 4.78 is 12.6. The Morgan fingerprint density at radius 1 is 1.06 bits per heavy atom. The number of likely N-dealkylation sites (tertiary alicyclic amines) is 1. The van der Waals surface area contributed by atoms with Gasteiger partial charge in [0.1, 0.15) is 5.75 Å². The molecular weight excluding hydrogens is 436 g/mol. The minimum absolute atomic E-state index is 0.0772. The highest BCUT2D eigenvalue weighted by atomic mass is 16.5. The van der Waals surface area contributed by atoms with Gasteiger partial charge in [-0.25, -0.2) is 4.79 Å². The first-order chi connectivity index (χ1) is 16.5. The van der Waals surface area contributed by atoms with Crippen LogP contribution in [0.5, 0.6) is 5.75 Å². The van der Waals surface area contributed by atoms with E-state index in [0.717, 1.165) is 51.5 Å². The first-order valence-electron chi connectivity index (χ1n) is 12.1. The molecule has 2 saturated heterocycles. The second-order valence-electron chi connectivity index (χ2n) is 9.16. The van der Waals surface area contributed by atoms with Gasteiger partial charge in [0.2, 0.25) is 0 Å². The van der Waals surface area contributed by atoms with Crippen LogP contribution in [0.2, 0.25) is 0 Å². The van der Waals surface area contributed by atoms with Crippen molar-refractivity contribution in [2.24, 2.45) is 11.8 Å². The first-order valence-corrected chi connectivity index (χ1v) is 12.1. The van der Waals surface area contributed by atoms with Gasteiger partial charge in [0.15, 0.2) is 0 Å². The average molecular weight is 471 g/mol. The van der Waals surface area contributed by atoms with Crippen LogP contribution in [-0.2, 0) is 4.74 Å². The number of hydrogen-bond donors (Lipinski definition) is 2. The van der Waals surface area contributed by atoms with Gasteiger partial charge in [-0.1, -0.05) is 0 Å². The monoisotopic (exact) mass is 470 g/mol. The molecule has 2 aliphatic rings. The zero-order valence-corrected chi connectivity index (χ0v) is 19.8. The lowest BCUT2D eigenvalue weighted by atomic mass is 9.95. The van der Waals surface area contributed by atoms with Crippen LogP contribution in [0.15, 0.2) is 40.1 Å². The minimum Gasteiger partial charge on any atom is -0.495 e. The summed E-state index contributed by atoms with van der Waals surface area (Å²) in [7, 11) is 1.50. The SMILES string of the molecule is COc1ccc(C(=O)N2CCC(COCCC3CCNCC3)CC2)cc1-n1ccc(=O)[nH]c1=O. The van der Waals surface area contributed by atoms with Gasteiger partial charge in [-0.15, -0.1) is 0 Å². The summed E-state index contributed by atoms with van der Waals surface area (Å²) in [4.78, 5) is 40.9. The zero-order chi connectivity index (χ0) is 23.9. The van der Waals surface area contributed by atoms with Crippen molar-refractivity contribution in [1.82, 2.24) is 19.8 Å². The lowest BCUT2D eigenvalue weighted by Crippen LogP contribution is -2.39. The van der Waals surface area contributed by atoms with Crippen molar-refractivity contribution in [2.45, 2.75) is 32.1 Å². The Kier molecular flexibility index (Phi) is 8.18. The minimum atomic E-state index is -0.587. The van der Waals surface area contributed by atoms with Gasteiger partial charge in [-0.2, -0.15) is 0 Å². The van der Waals surface area contributed by atoms with Crippen LogP contribution < -0.4 is 21.3 Å². The molecule has 2 aromatic rings. The normalized spacial score (nSPS) is 17.6. The molecule has 0 spiro atoms. The number of carbonyl (C=O) groups excluding carboxylic acids is 1. The summed E-state index contributed by atoms with van der Waals surface area (Å²) in [5.41, 5.74) is -0.181. The number of aromatic nitrogens is 2. The van der Waals surface area contributed by atoms with Crippen molar-refractivity contribution in [2.75, 3.05) is 46.5 Å². The van der Waals surface area contributed by atoms with Crippen LogP contribution in [0, 0.1) is 11.8 Å². The first kappa shape index (κ1) is 24.2. The Labute approximate surface area is 199 Å². The van der Waals surface area contributed by atoms with E-state index in [4.69, 9.17) is 9.47 Å². The molecule has 1 aromatic heterocycles. The van der Waals surface area contributed by atoms with Gasteiger partial charge >= 0.3 is 5.69 Å². The standard InChI is InChI=1S/C25H34N4O5/c1-33-22-3-2-20(16-21(22)29-14-8-23(30)27-25(29)32)24(31)28-12-6-19(7-13-28)17-34-15-9-18-4-10-26-11-5-18/h2-3,8,14,16,18-19,26H,4-7,9-13,15,17H2,1H3,(H,27,30,32). The van der Waals surface area contributed by atoms with E-state index >= 15 is 0 Å². The van der Waals surface area contributed by atoms with E-state index in [0.29, 0.717) is 36.0 Å². The summed E-state index contributed by atoms with van der Waals surface area (Å²) >= 11 is 0. The molecular formula is C25H34N4O5. The predicted molar refractivity (Wildman–Crippen MR) is 129 cm³/mol. The van der Waals surface area contributed by atoms with E-state index in [1.54, 1.807) is 18.2 Å². The van der Waals surface area contributed by atoms with E-state index in [9.17, 15) is 14.4 Å². The highest BCUT2D eigenvalue weighted by molar-refractivity contribution is 5.95. The van der Waals surface area contributed by atoms with Crippen LogP contribution in [0.3, 0.4) is 0 Å². The van der Waals surface area contributed by atoms with Crippen molar-refractivity contribution >= 4 is 5.91 Å². The third-order valence-corrected chi connectivity index (χ3v) is 6.89. The number of H-pyrrole nitrogens is 1. The van der Waals surface area contributed by atoms with Crippen molar-refractivity contribution in [3.63, 3.8) is 0 Å². The smallest absolute Gasteiger partial charge is 0.333 e. The molecule has 2 aliphatic heterocycles. The highest BCUT2D eigenvalue weighted by Crippen LogP contribution is 2.25. The summed E-state index contributed by atoms with van der Waals surface area (Å²) in [6.07, 6.45) is 6.84. The third kappa shape index (κ3) is 5.95. The lowest BCUT2D eigenvalue weighted by molar-refractivity contribution is 0.0482. The van der Waals surface area contributed by atoms with Gasteiger partial charge in [-0.3, -0.25) is 19.1 Å². The predicted octanol–water partition coefficient (Wildman–Crippen LogP) is 1.79. The second kappa shape index (κ2) is 11.5. The highest BCUT2D eigenvalue weighted by Gasteiger charge is 2.25. The van der Waals surface area contributed by atoms with Crippen LogP contribution in [-0.4, -0.2) is 66.9 Å². The molecule has 1 amide bonds. The molecule has 3 heterocycles. The van der Waals surface area contributed by atoms with E-state index in [-0.39, 0.29) is 5.91 Å². The number of carbonyl (C=O) groups is 1. The van der Waals surface area contributed by atoms with Crippen molar-refractivity contribution in [3.05, 3.63) is 56.9 Å². The molecule has 0 radical (unpaired) electrons. The van der Waals surface area contributed by atoms with Gasteiger partial charge in [0.25, 0.3) is 11.5 Å². The number of benzene rings is 1. The number of piperidine rings is 2. The van der Waals surface area contributed by atoms with Gasteiger partial charge in [0.05, 0.1) is 12.8 Å². The summed E-state index contributed by atoms with van der Waals surface area (Å²) in [6, 6.07) is 6.27. The number of nitrogens with zero attached hydrogens (tertiary/aromatic N) is 2. The maximum atomic E-state index is 13.2. The Bertz CT molecular complexity index is 1080. The fraction of sp³-hybridized carbons (Fsp3) is 0.560. The maximum absolute atomic E-state index is 13.2. The number of ether oxygens (including phenoxy) is 2. The van der Waals surface area contributed by atoms with Gasteiger partial charge < -0.3 is 19.7 Å². The molecule has 34 heavy (non-hydrogen) atoms. The quantitative estimate of drug-likeness (QED) is 0.570. The largest absolute Gasteiger partial charge is 0.495 e. The Morgan fingerprint density at radius 3 is 2.53 bits per heavy atom.